The van der Waals surface area contributed by atoms with Crippen molar-refractivity contribution in [1.82, 2.24) is 4.57 Å². The number of ketones is 1. The SMILES string of the molecule is Cc1cc(C(=O)CCl)c(C)n1CCCCC(C)C. The van der Waals surface area contributed by atoms with Crippen LogP contribution in [0.3, 0.4) is 0 Å². The van der Waals surface area contributed by atoms with Gasteiger partial charge in [0.25, 0.3) is 0 Å². The second-order valence-electron chi connectivity index (χ2n) is 5.38. The van der Waals surface area contributed by atoms with Crippen LogP contribution in [0.25, 0.3) is 0 Å². The van der Waals surface area contributed by atoms with E-state index in [2.05, 4.69) is 25.3 Å². The van der Waals surface area contributed by atoms with E-state index in [0.29, 0.717) is 0 Å². The van der Waals surface area contributed by atoms with Crippen molar-refractivity contribution in [3.05, 3.63) is 23.0 Å². The molecule has 0 aliphatic carbocycles. The maximum Gasteiger partial charge on any atom is 0.179 e. The van der Waals surface area contributed by atoms with E-state index < -0.39 is 0 Å². The molecule has 3 heteroatoms. The molecule has 1 heterocycles. The summed E-state index contributed by atoms with van der Waals surface area (Å²) in [5.74, 6) is 0.862. The molecular formula is C15H24ClNO. The summed E-state index contributed by atoms with van der Waals surface area (Å²) in [6.07, 6.45) is 3.68. The molecule has 0 bridgehead atoms. The second kappa shape index (κ2) is 6.98. The van der Waals surface area contributed by atoms with Crippen molar-refractivity contribution in [1.29, 1.82) is 0 Å². The highest BCUT2D eigenvalue weighted by molar-refractivity contribution is 6.30. The fourth-order valence-electron chi connectivity index (χ4n) is 2.32. The van der Waals surface area contributed by atoms with Gasteiger partial charge in [0.15, 0.2) is 5.78 Å². The highest BCUT2D eigenvalue weighted by atomic mass is 35.5. The number of unbranched alkanes of at least 4 members (excludes halogenated alkanes) is 1. The Morgan fingerprint density at radius 1 is 1.33 bits per heavy atom. The van der Waals surface area contributed by atoms with Crippen LogP contribution in [0, 0.1) is 19.8 Å². The van der Waals surface area contributed by atoms with E-state index in [-0.39, 0.29) is 11.7 Å². The number of carbonyl (C=O) groups is 1. The molecule has 102 valence electrons. The van der Waals surface area contributed by atoms with Crippen LogP contribution in [-0.4, -0.2) is 16.2 Å². The van der Waals surface area contributed by atoms with E-state index in [1.54, 1.807) is 0 Å². The zero-order valence-electron chi connectivity index (χ0n) is 11.9. The number of aromatic nitrogens is 1. The molecule has 0 saturated carbocycles. The lowest BCUT2D eigenvalue weighted by atomic mass is 10.1. The van der Waals surface area contributed by atoms with Gasteiger partial charge in [0.2, 0.25) is 0 Å². The van der Waals surface area contributed by atoms with E-state index in [0.717, 1.165) is 29.4 Å². The van der Waals surface area contributed by atoms with E-state index in [9.17, 15) is 4.79 Å². The third-order valence-corrected chi connectivity index (χ3v) is 3.65. The van der Waals surface area contributed by atoms with Crippen LogP contribution < -0.4 is 0 Å². The molecule has 0 amide bonds. The summed E-state index contributed by atoms with van der Waals surface area (Å²) in [5.41, 5.74) is 3.00. The molecule has 1 aromatic heterocycles. The first-order valence-corrected chi connectivity index (χ1v) is 7.26. The Hall–Kier alpha value is -0.760. The fraction of sp³-hybridized carbons (Fsp3) is 0.667. The van der Waals surface area contributed by atoms with Gasteiger partial charge in [-0.15, -0.1) is 11.6 Å². The van der Waals surface area contributed by atoms with Crippen molar-refractivity contribution in [2.75, 3.05) is 5.88 Å². The molecule has 0 radical (unpaired) electrons. The number of hydrogen-bond donors (Lipinski definition) is 0. The Morgan fingerprint density at radius 3 is 2.56 bits per heavy atom. The van der Waals surface area contributed by atoms with E-state index in [1.807, 2.05) is 13.0 Å². The summed E-state index contributed by atoms with van der Waals surface area (Å²) < 4.78 is 2.24. The monoisotopic (exact) mass is 269 g/mol. The van der Waals surface area contributed by atoms with E-state index >= 15 is 0 Å². The van der Waals surface area contributed by atoms with Crippen molar-refractivity contribution in [2.24, 2.45) is 5.92 Å². The molecular weight excluding hydrogens is 246 g/mol. The van der Waals surface area contributed by atoms with Gasteiger partial charge in [0, 0.05) is 23.5 Å². The summed E-state index contributed by atoms with van der Waals surface area (Å²) in [4.78, 5) is 11.7. The van der Waals surface area contributed by atoms with Crippen LogP contribution in [0.2, 0.25) is 0 Å². The third-order valence-electron chi connectivity index (χ3n) is 3.41. The maximum atomic E-state index is 11.7. The molecule has 1 rings (SSSR count). The van der Waals surface area contributed by atoms with Crippen LogP contribution >= 0.6 is 11.6 Å². The average Bonchev–Trinajstić information content (AvgIpc) is 2.60. The minimum atomic E-state index is 0.0261. The molecule has 1 aromatic rings. The highest BCUT2D eigenvalue weighted by Crippen LogP contribution is 2.18. The number of hydrogen-bond acceptors (Lipinski definition) is 1. The number of aryl methyl sites for hydroxylation is 1. The molecule has 0 unspecified atom stereocenters. The maximum absolute atomic E-state index is 11.7. The van der Waals surface area contributed by atoms with Crippen LogP contribution in [0.5, 0.6) is 0 Å². The van der Waals surface area contributed by atoms with E-state index in [1.165, 1.54) is 19.3 Å². The van der Waals surface area contributed by atoms with Crippen molar-refractivity contribution in [3.8, 4) is 0 Å². The first-order chi connectivity index (χ1) is 8.47. The smallest absolute Gasteiger partial charge is 0.179 e. The number of carbonyl (C=O) groups excluding carboxylic acids is 1. The molecule has 0 fully saturated rings. The van der Waals surface area contributed by atoms with Gasteiger partial charge in [-0.05, 0) is 32.3 Å². The van der Waals surface area contributed by atoms with Gasteiger partial charge in [0.05, 0.1) is 5.88 Å². The molecule has 2 nitrogen and oxygen atoms in total. The van der Waals surface area contributed by atoms with Gasteiger partial charge >= 0.3 is 0 Å². The van der Waals surface area contributed by atoms with Crippen molar-refractivity contribution >= 4 is 17.4 Å². The Balaban J connectivity index is 2.66. The lowest BCUT2D eigenvalue weighted by Crippen LogP contribution is -2.06. The second-order valence-corrected chi connectivity index (χ2v) is 5.65. The van der Waals surface area contributed by atoms with Crippen molar-refractivity contribution in [3.63, 3.8) is 0 Å². The normalized spacial score (nSPS) is 11.2. The fourth-order valence-corrected chi connectivity index (χ4v) is 2.47. The number of Topliss-reactive ketones (excluding diaryl/α,β-unsaturated/α-hetero) is 1. The largest absolute Gasteiger partial charge is 0.348 e. The zero-order valence-corrected chi connectivity index (χ0v) is 12.7. The minimum Gasteiger partial charge on any atom is -0.348 e. The van der Waals surface area contributed by atoms with Crippen LogP contribution in [0.4, 0.5) is 0 Å². The van der Waals surface area contributed by atoms with Crippen LogP contribution in [0.1, 0.15) is 54.9 Å². The van der Waals surface area contributed by atoms with E-state index in [4.69, 9.17) is 11.6 Å². The van der Waals surface area contributed by atoms with Gasteiger partial charge in [-0.25, -0.2) is 0 Å². The summed E-state index contributed by atoms with van der Waals surface area (Å²) in [6.45, 7) is 9.57. The molecule has 0 spiro atoms. The Labute approximate surface area is 115 Å². The predicted molar refractivity (Wildman–Crippen MR) is 77.6 cm³/mol. The Bertz CT molecular complexity index is 407. The van der Waals surface area contributed by atoms with Crippen molar-refractivity contribution < 1.29 is 4.79 Å². The molecule has 0 aliphatic heterocycles. The topological polar surface area (TPSA) is 22.0 Å². The Morgan fingerprint density at radius 2 is 2.00 bits per heavy atom. The summed E-state index contributed by atoms with van der Waals surface area (Å²) >= 11 is 5.62. The van der Waals surface area contributed by atoms with Gasteiger partial charge in [0.1, 0.15) is 0 Å². The first kappa shape index (κ1) is 15.3. The molecule has 0 N–H and O–H groups in total. The number of nitrogens with zero attached hydrogens (tertiary/aromatic N) is 1. The molecule has 0 aliphatic rings. The third kappa shape index (κ3) is 3.88. The number of alkyl halides is 1. The van der Waals surface area contributed by atoms with Gasteiger partial charge in [-0.2, -0.15) is 0 Å². The molecule has 0 aromatic carbocycles. The standard InChI is InChI=1S/C15H24ClNO/c1-11(2)7-5-6-8-17-12(3)9-14(13(17)4)15(18)10-16/h9,11H,5-8,10H2,1-4H3. The van der Waals surface area contributed by atoms with Gasteiger partial charge in [-0.1, -0.05) is 26.7 Å². The first-order valence-electron chi connectivity index (χ1n) is 6.73. The molecule has 0 saturated heterocycles. The van der Waals surface area contributed by atoms with Gasteiger partial charge in [-0.3, -0.25) is 4.79 Å². The number of halogens is 1. The average molecular weight is 270 g/mol. The lowest BCUT2D eigenvalue weighted by Gasteiger charge is -2.10. The number of rotatable bonds is 7. The van der Waals surface area contributed by atoms with Crippen molar-refractivity contribution in [2.45, 2.75) is 53.5 Å². The highest BCUT2D eigenvalue weighted by Gasteiger charge is 2.14. The quantitative estimate of drug-likeness (QED) is 0.410. The lowest BCUT2D eigenvalue weighted by molar-refractivity contribution is 0.102. The predicted octanol–water partition coefficient (Wildman–Crippen LogP) is 4.35. The molecule has 18 heavy (non-hydrogen) atoms. The molecule has 0 atom stereocenters. The summed E-state index contributed by atoms with van der Waals surface area (Å²) in [5, 5.41) is 0. The van der Waals surface area contributed by atoms with Crippen LogP contribution in [0.15, 0.2) is 6.07 Å². The Kier molecular flexibility index (Phi) is 5.94. The minimum absolute atomic E-state index is 0.0261. The van der Waals surface area contributed by atoms with Crippen LogP contribution in [-0.2, 0) is 6.54 Å². The summed E-state index contributed by atoms with van der Waals surface area (Å²) in [7, 11) is 0. The summed E-state index contributed by atoms with van der Waals surface area (Å²) in [6, 6.07) is 1.96. The zero-order chi connectivity index (χ0) is 13.7. The van der Waals surface area contributed by atoms with Gasteiger partial charge < -0.3 is 4.57 Å².